The maximum atomic E-state index is 9.65. The van der Waals surface area contributed by atoms with Crippen molar-refractivity contribution in [2.45, 2.75) is 20.0 Å². The minimum absolute atomic E-state index is 0.242. The van der Waals surface area contributed by atoms with Crippen LogP contribution in [0.4, 0.5) is 0 Å². The highest BCUT2D eigenvalue weighted by molar-refractivity contribution is 6.30. The number of benzene rings is 1. The van der Waals surface area contributed by atoms with Crippen LogP contribution in [0.25, 0.3) is 0 Å². The second kappa shape index (κ2) is 3.92. The maximum absolute atomic E-state index is 9.65. The number of hydrogen-bond donors (Lipinski definition) is 1. The lowest BCUT2D eigenvalue weighted by Crippen LogP contribution is -2.04. The van der Waals surface area contributed by atoms with Gasteiger partial charge in [0.05, 0.1) is 6.10 Å². The van der Waals surface area contributed by atoms with Crippen molar-refractivity contribution in [3.63, 3.8) is 0 Å². The summed E-state index contributed by atoms with van der Waals surface area (Å²) in [7, 11) is 0. The zero-order valence-corrected chi connectivity index (χ0v) is 8.05. The van der Waals surface area contributed by atoms with E-state index in [1.807, 2.05) is 26.0 Å². The molecular weight excluding hydrogens is 172 g/mol. The van der Waals surface area contributed by atoms with E-state index in [9.17, 15) is 5.11 Å². The Morgan fingerprint density at radius 2 is 1.67 bits per heavy atom. The molecule has 12 heavy (non-hydrogen) atoms. The van der Waals surface area contributed by atoms with Crippen molar-refractivity contribution in [1.29, 1.82) is 0 Å². The average molecular weight is 185 g/mol. The van der Waals surface area contributed by atoms with Crippen LogP contribution in [0.15, 0.2) is 24.3 Å². The first-order valence-electron chi connectivity index (χ1n) is 4.05. The summed E-state index contributed by atoms with van der Waals surface area (Å²) < 4.78 is 0. The topological polar surface area (TPSA) is 20.2 Å². The molecule has 0 aromatic heterocycles. The molecule has 1 nitrogen and oxygen atoms in total. The van der Waals surface area contributed by atoms with Crippen LogP contribution in [0, 0.1) is 5.92 Å². The molecule has 66 valence electrons. The highest BCUT2D eigenvalue weighted by Gasteiger charge is 2.10. The van der Waals surface area contributed by atoms with Gasteiger partial charge in [-0.1, -0.05) is 37.6 Å². The highest BCUT2D eigenvalue weighted by atomic mass is 35.5. The smallest absolute Gasteiger partial charge is 0.0812 e. The van der Waals surface area contributed by atoms with Gasteiger partial charge in [-0.15, -0.1) is 0 Å². The van der Waals surface area contributed by atoms with Gasteiger partial charge in [0.1, 0.15) is 0 Å². The maximum Gasteiger partial charge on any atom is 0.0812 e. The van der Waals surface area contributed by atoms with E-state index in [1.165, 1.54) is 0 Å². The van der Waals surface area contributed by atoms with Gasteiger partial charge in [-0.25, -0.2) is 0 Å². The number of halogens is 1. The number of aliphatic hydroxyl groups is 1. The fourth-order valence-electron chi connectivity index (χ4n) is 1.04. The van der Waals surface area contributed by atoms with Gasteiger partial charge >= 0.3 is 0 Å². The van der Waals surface area contributed by atoms with E-state index >= 15 is 0 Å². The second-order valence-corrected chi connectivity index (χ2v) is 3.68. The Morgan fingerprint density at radius 1 is 1.17 bits per heavy atom. The largest absolute Gasteiger partial charge is 0.388 e. The first-order valence-corrected chi connectivity index (χ1v) is 4.42. The zero-order valence-electron chi connectivity index (χ0n) is 7.29. The third-order valence-corrected chi connectivity index (χ3v) is 2.09. The van der Waals surface area contributed by atoms with Crippen LogP contribution in [0.2, 0.25) is 5.02 Å². The second-order valence-electron chi connectivity index (χ2n) is 3.24. The first kappa shape index (κ1) is 9.56. The summed E-state index contributed by atoms with van der Waals surface area (Å²) in [6.45, 7) is 3.97. The molecule has 0 bridgehead atoms. The molecule has 0 aliphatic carbocycles. The third-order valence-electron chi connectivity index (χ3n) is 1.84. The number of rotatable bonds is 2. The van der Waals surface area contributed by atoms with E-state index in [1.54, 1.807) is 12.1 Å². The standard InChI is InChI=1S/C10H13ClO/c1-7(2)10(12)8-3-5-9(11)6-4-8/h3-7,10,12H,1-2H3. The lowest BCUT2D eigenvalue weighted by molar-refractivity contribution is 0.127. The summed E-state index contributed by atoms with van der Waals surface area (Å²) in [5.74, 6) is 0.242. The van der Waals surface area contributed by atoms with Crippen molar-refractivity contribution in [2.75, 3.05) is 0 Å². The van der Waals surface area contributed by atoms with Gasteiger partial charge in [-0.3, -0.25) is 0 Å². The molecule has 0 amide bonds. The van der Waals surface area contributed by atoms with Crippen molar-refractivity contribution >= 4 is 11.6 Å². The Kier molecular flexibility index (Phi) is 3.12. The molecule has 0 aliphatic rings. The molecule has 0 fully saturated rings. The van der Waals surface area contributed by atoms with Crippen molar-refractivity contribution in [3.05, 3.63) is 34.9 Å². The minimum Gasteiger partial charge on any atom is -0.388 e. The summed E-state index contributed by atoms with van der Waals surface area (Å²) in [6.07, 6.45) is -0.387. The summed E-state index contributed by atoms with van der Waals surface area (Å²) in [6, 6.07) is 7.30. The van der Waals surface area contributed by atoms with Gasteiger partial charge in [-0.2, -0.15) is 0 Å². The molecule has 0 radical (unpaired) electrons. The van der Waals surface area contributed by atoms with E-state index < -0.39 is 0 Å². The fraction of sp³-hybridized carbons (Fsp3) is 0.400. The van der Waals surface area contributed by atoms with Crippen LogP contribution in [-0.4, -0.2) is 5.11 Å². The highest BCUT2D eigenvalue weighted by Crippen LogP contribution is 2.22. The molecule has 0 saturated heterocycles. The lowest BCUT2D eigenvalue weighted by Gasteiger charge is -2.14. The molecule has 0 spiro atoms. The van der Waals surface area contributed by atoms with E-state index in [4.69, 9.17) is 11.6 Å². The van der Waals surface area contributed by atoms with Crippen molar-refractivity contribution in [3.8, 4) is 0 Å². The van der Waals surface area contributed by atoms with E-state index in [2.05, 4.69) is 0 Å². The van der Waals surface area contributed by atoms with Gasteiger partial charge in [-0.05, 0) is 23.6 Å². The Hall–Kier alpha value is -0.530. The summed E-state index contributed by atoms with van der Waals surface area (Å²) in [4.78, 5) is 0. The van der Waals surface area contributed by atoms with Gasteiger partial charge in [0.15, 0.2) is 0 Å². The average Bonchev–Trinajstić information content (AvgIpc) is 2.04. The zero-order chi connectivity index (χ0) is 9.14. The summed E-state index contributed by atoms with van der Waals surface area (Å²) in [5, 5.41) is 10.3. The molecule has 1 atom stereocenters. The quantitative estimate of drug-likeness (QED) is 0.749. The molecule has 2 heteroatoms. The van der Waals surface area contributed by atoms with Gasteiger partial charge in [0, 0.05) is 5.02 Å². The van der Waals surface area contributed by atoms with E-state index in [0.717, 1.165) is 5.56 Å². The molecule has 1 unspecified atom stereocenters. The van der Waals surface area contributed by atoms with Gasteiger partial charge < -0.3 is 5.11 Å². The molecule has 0 saturated carbocycles. The monoisotopic (exact) mass is 184 g/mol. The van der Waals surface area contributed by atoms with Crippen LogP contribution in [-0.2, 0) is 0 Å². The molecule has 0 aliphatic heterocycles. The minimum atomic E-state index is -0.387. The van der Waals surface area contributed by atoms with Gasteiger partial charge in [0.25, 0.3) is 0 Å². The fourth-order valence-corrected chi connectivity index (χ4v) is 1.17. The number of hydrogen-bond acceptors (Lipinski definition) is 1. The third kappa shape index (κ3) is 2.23. The molecule has 1 rings (SSSR count). The molecular formula is C10H13ClO. The Balaban J connectivity index is 2.82. The normalized spacial score (nSPS) is 13.4. The van der Waals surface area contributed by atoms with Gasteiger partial charge in [0.2, 0.25) is 0 Å². The van der Waals surface area contributed by atoms with E-state index in [-0.39, 0.29) is 12.0 Å². The Morgan fingerprint density at radius 3 is 2.08 bits per heavy atom. The predicted molar refractivity (Wildman–Crippen MR) is 51.2 cm³/mol. The van der Waals surface area contributed by atoms with Crippen molar-refractivity contribution in [2.24, 2.45) is 5.92 Å². The molecule has 0 heterocycles. The SMILES string of the molecule is CC(C)C(O)c1ccc(Cl)cc1. The lowest BCUT2D eigenvalue weighted by atomic mass is 9.99. The van der Waals surface area contributed by atoms with Crippen LogP contribution in [0.5, 0.6) is 0 Å². The summed E-state index contributed by atoms with van der Waals surface area (Å²) >= 11 is 5.71. The Bertz CT molecular complexity index is 241. The number of aliphatic hydroxyl groups excluding tert-OH is 1. The molecule has 1 aromatic carbocycles. The van der Waals surface area contributed by atoms with Crippen LogP contribution >= 0.6 is 11.6 Å². The van der Waals surface area contributed by atoms with Crippen LogP contribution in [0.1, 0.15) is 25.5 Å². The Labute approximate surface area is 78.0 Å². The van der Waals surface area contributed by atoms with Crippen molar-refractivity contribution in [1.82, 2.24) is 0 Å². The first-order chi connectivity index (χ1) is 5.61. The molecule has 1 aromatic rings. The predicted octanol–water partition coefficient (Wildman–Crippen LogP) is 3.03. The van der Waals surface area contributed by atoms with Crippen molar-refractivity contribution < 1.29 is 5.11 Å². The van der Waals surface area contributed by atoms with Crippen LogP contribution < -0.4 is 0 Å². The van der Waals surface area contributed by atoms with Crippen LogP contribution in [0.3, 0.4) is 0 Å². The summed E-state index contributed by atoms with van der Waals surface area (Å²) in [5.41, 5.74) is 0.925. The molecule has 1 N–H and O–H groups in total. The van der Waals surface area contributed by atoms with E-state index in [0.29, 0.717) is 5.02 Å².